The second kappa shape index (κ2) is 9.10. The fourth-order valence-corrected chi connectivity index (χ4v) is 2.85. The normalized spacial score (nSPS) is 10.3. The van der Waals surface area contributed by atoms with Crippen molar-refractivity contribution in [1.82, 2.24) is 0 Å². The zero-order chi connectivity index (χ0) is 19.1. The summed E-state index contributed by atoms with van der Waals surface area (Å²) in [6.45, 7) is 0. The van der Waals surface area contributed by atoms with Crippen molar-refractivity contribution in [3.63, 3.8) is 0 Å². The van der Waals surface area contributed by atoms with Gasteiger partial charge >= 0.3 is 0 Å². The maximum absolute atomic E-state index is 12.4. The summed E-state index contributed by atoms with van der Waals surface area (Å²) in [6, 6.07) is 22.2. The smallest absolute Gasteiger partial charge is 0.224 e. The SMILES string of the molecule is COc1ccccc1CCC(=O)Nc1ccccc1Oc1ccccc1Cl. The highest BCUT2D eigenvalue weighted by atomic mass is 35.5. The lowest BCUT2D eigenvalue weighted by Crippen LogP contribution is -2.13. The molecule has 1 amide bonds. The van der Waals surface area contributed by atoms with Gasteiger partial charge in [-0.3, -0.25) is 4.79 Å². The van der Waals surface area contributed by atoms with Crippen molar-refractivity contribution in [2.75, 3.05) is 12.4 Å². The quantitative estimate of drug-likeness (QED) is 0.570. The molecule has 5 heteroatoms. The molecule has 0 atom stereocenters. The lowest BCUT2D eigenvalue weighted by Gasteiger charge is -2.13. The Hall–Kier alpha value is -2.98. The predicted octanol–water partition coefficient (Wildman–Crippen LogP) is 5.71. The van der Waals surface area contributed by atoms with Gasteiger partial charge in [-0.1, -0.05) is 54.1 Å². The molecule has 0 saturated carbocycles. The van der Waals surface area contributed by atoms with E-state index in [1.165, 1.54) is 0 Å². The molecule has 3 aromatic carbocycles. The van der Waals surface area contributed by atoms with E-state index in [-0.39, 0.29) is 5.91 Å². The van der Waals surface area contributed by atoms with Crippen molar-refractivity contribution >= 4 is 23.2 Å². The number of para-hydroxylation sites is 4. The molecule has 0 fully saturated rings. The van der Waals surface area contributed by atoms with Gasteiger partial charge in [0.05, 0.1) is 17.8 Å². The Kier molecular flexibility index (Phi) is 6.34. The Morgan fingerprint density at radius 1 is 0.889 bits per heavy atom. The molecular weight excluding hydrogens is 362 g/mol. The number of nitrogens with one attached hydrogen (secondary N) is 1. The molecule has 0 radical (unpaired) electrons. The zero-order valence-corrected chi connectivity index (χ0v) is 15.7. The Balaban J connectivity index is 1.67. The lowest BCUT2D eigenvalue weighted by molar-refractivity contribution is -0.116. The molecule has 0 unspecified atom stereocenters. The molecule has 4 nitrogen and oxygen atoms in total. The van der Waals surface area contributed by atoms with Gasteiger partial charge in [0.15, 0.2) is 5.75 Å². The Bertz CT molecular complexity index is 927. The second-order valence-electron chi connectivity index (χ2n) is 5.89. The number of anilines is 1. The third-order valence-corrected chi connectivity index (χ3v) is 4.34. The molecule has 0 heterocycles. The molecule has 27 heavy (non-hydrogen) atoms. The van der Waals surface area contributed by atoms with E-state index in [9.17, 15) is 4.79 Å². The number of hydrogen-bond acceptors (Lipinski definition) is 3. The number of rotatable bonds is 7. The molecule has 3 aromatic rings. The van der Waals surface area contributed by atoms with Gasteiger partial charge in [0.25, 0.3) is 0 Å². The van der Waals surface area contributed by atoms with E-state index in [1.54, 1.807) is 31.4 Å². The molecule has 1 N–H and O–H groups in total. The maximum Gasteiger partial charge on any atom is 0.224 e. The van der Waals surface area contributed by atoms with Crippen molar-refractivity contribution in [2.45, 2.75) is 12.8 Å². The summed E-state index contributed by atoms with van der Waals surface area (Å²) in [6.07, 6.45) is 0.921. The highest BCUT2D eigenvalue weighted by molar-refractivity contribution is 6.32. The van der Waals surface area contributed by atoms with Gasteiger partial charge in [-0.25, -0.2) is 0 Å². The van der Waals surface area contributed by atoms with E-state index < -0.39 is 0 Å². The second-order valence-corrected chi connectivity index (χ2v) is 6.30. The molecule has 0 aliphatic rings. The minimum atomic E-state index is -0.101. The van der Waals surface area contributed by atoms with Gasteiger partial charge in [-0.2, -0.15) is 0 Å². The van der Waals surface area contributed by atoms with Crippen LogP contribution in [0.3, 0.4) is 0 Å². The van der Waals surface area contributed by atoms with Crippen molar-refractivity contribution in [1.29, 1.82) is 0 Å². The van der Waals surface area contributed by atoms with Crippen LogP contribution >= 0.6 is 11.6 Å². The van der Waals surface area contributed by atoms with Crippen LogP contribution in [-0.2, 0) is 11.2 Å². The van der Waals surface area contributed by atoms with Gasteiger partial charge in [0, 0.05) is 6.42 Å². The van der Waals surface area contributed by atoms with Gasteiger partial charge in [-0.15, -0.1) is 0 Å². The average Bonchev–Trinajstić information content (AvgIpc) is 2.70. The van der Waals surface area contributed by atoms with Crippen molar-refractivity contribution in [3.05, 3.63) is 83.4 Å². The van der Waals surface area contributed by atoms with Crippen LogP contribution in [0.5, 0.6) is 17.2 Å². The van der Waals surface area contributed by atoms with E-state index in [2.05, 4.69) is 5.32 Å². The summed E-state index contributed by atoms with van der Waals surface area (Å²) >= 11 is 6.15. The monoisotopic (exact) mass is 381 g/mol. The summed E-state index contributed by atoms with van der Waals surface area (Å²) < 4.78 is 11.2. The molecular formula is C22H20ClNO3. The number of ether oxygens (including phenoxy) is 2. The number of methoxy groups -OCH3 is 1. The van der Waals surface area contributed by atoms with Gasteiger partial charge in [-0.05, 0) is 42.3 Å². The summed E-state index contributed by atoms with van der Waals surface area (Å²) in [4.78, 5) is 12.4. The number of benzene rings is 3. The van der Waals surface area contributed by atoms with E-state index in [0.717, 1.165) is 11.3 Å². The van der Waals surface area contributed by atoms with Crippen LogP contribution in [-0.4, -0.2) is 13.0 Å². The number of carbonyl (C=O) groups excluding carboxylic acids is 1. The fourth-order valence-electron chi connectivity index (χ4n) is 2.68. The number of aryl methyl sites for hydroxylation is 1. The van der Waals surface area contributed by atoms with Crippen LogP contribution in [0.25, 0.3) is 0 Å². The molecule has 138 valence electrons. The van der Waals surface area contributed by atoms with Gasteiger partial charge in [0.1, 0.15) is 11.5 Å². The Morgan fingerprint density at radius 2 is 1.52 bits per heavy atom. The number of hydrogen-bond donors (Lipinski definition) is 1. The van der Waals surface area contributed by atoms with Gasteiger partial charge in [0.2, 0.25) is 5.91 Å². The average molecular weight is 382 g/mol. The zero-order valence-electron chi connectivity index (χ0n) is 14.9. The highest BCUT2D eigenvalue weighted by Gasteiger charge is 2.11. The van der Waals surface area contributed by atoms with Crippen LogP contribution in [0.4, 0.5) is 5.69 Å². The summed E-state index contributed by atoms with van der Waals surface area (Å²) in [5.41, 5.74) is 1.60. The largest absolute Gasteiger partial charge is 0.496 e. The van der Waals surface area contributed by atoms with E-state index in [4.69, 9.17) is 21.1 Å². The number of carbonyl (C=O) groups is 1. The molecule has 0 bridgehead atoms. The molecule has 3 rings (SSSR count). The van der Waals surface area contributed by atoms with Crippen LogP contribution in [0.15, 0.2) is 72.8 Å². The van der Waals surface area contributed by atoms with E-state index in [0.29, 0.717) is 35.1 Å². The molecule has 0 aliphatic heterocycles. The topological polar surface area (TPSA) is 47.6 Å². The third-order valence-electron chi connectivity index (χ3n) is 4.03. The number of halogens is 1. The summed E-state index contributed by atoms with van der Waals surface area (Å²) in [5, 5.41) is 3.42. The standard InChI is InChI=1S/C22H20ClNO3/c1-26-19-11-5-2-8-16(19)14-15-22(25)24-18-10-4-7-13-21(18)27-20-12-6-3-9-17(20)23/h2-13H,14-15H2,1H3,(H,24,25). The van der Waals surface area contributed by atoms with Crippen LogP contribution in [0.1, 0.15) is 12.0 Å². The van der Waals surface area contributed by atoms with Crippen LogP contribution < -0.4 is 14.8 Å². The summed E-state index contributed by atoms with van der Waals surface area (Å²) in [5.74, 6) is 1.76. The molecule has 0 saturated heterocycles. The van der Waals surface area contributed by atoms with Gasteiger partial charge < -0.3 is 14.8 Å². The first-order chi connectivity index (χ1) is 13.2. The molecule has 0 spiro atoms. The first kappa shape index (κ1) is 18.8. The van der Waals surface area contributed by atoms with Crippen molar-refractivity contribution in [2.24, 2.45) is 0 Å². The van der Waals surface area contributed by atoms with Crippen LogP contribution in [0.2, 0.25) is 5.02 Å². The first-order valence-corrected chi connectivity index (χ1v) is 8.98. The van der Waals surface area contributed by atoms with E-state index >= 15 is 0 Å². The van der Waals surface area contributed by atoms with E-state index in [1.807, 2.05) is 48.5 Å². The molecule has 0 aromatic heterocycles. The Labute approximate surface area is 163 Å². The van der Waals surface area contributed by atoms with Crippen molar-refractivity contribution in [3.8, 4) is 17.2 Å². The number of amides is 1. The minimum absolute atomic E-state index is 0.101. The highest BCUT2D eigenvalue weighted by Crippen LogP contribution is 2.33. The predicted molar refractivity (Wildman–Crippen MR) is 108 cm³/mol. The van der Waals surface area contributed by atoms with Crippen LogP contribution in [0, 0.1) is 0 Å². The Morgan fingerprint density at radius 3 is 2.26 bits per heavy atom. The molecule has 0 aliphatic carbocycles. The third kappa shape index (κ3) is 5.02. The fraction of sp³-hybridized carbons (Fsp3) is 0.136. The maximum atomic E-state index is 12.4. The summed E-state index contributed by atoms with van der Waals surface area (Å²) in [7, 11) is 1.63. The first-order valence-electron chi connectivity index (χ1n) is 8.60. The lowest BCUT2D eigenvalue weighted by atomic mass is 10.1. The minimum Gasteiger partial charge on any atom is -0.496 e. The van der Waals surface area contributed by atoms with Crippen molar-refractivity contribution < 1.29 is 14.3 Å².